The summed E-state index contributed by atoms with van der Waals surface area (Å²) in [5.74, 6) is 0.427. The molecule has 3 unspecified atom stereocenters. The number of rotatable bonds is 2. The van der Waals surface area contributed by atoms with Crippen LogP contribution in [0.1, 0.15) is 32.1 Å². The molecule has 0 aromatic carbocycles. The smallest absolute Gasteiger partial charge is 0.244 e. The lowest BCUT2D eigenvalue weighted by molar-refractivity contribution is -0.126. The summed E-state index contributed by atoms with van der Waals surface area (Å²) in [5.41, 5.74) is 0. The van der Waals surface area contributed by atoms with Gasteiger partial charge in [0, 0.05) is 12.6 Å². The quantitative estimate of drug-likeness (QED) is 0.671. The van der Waals surface area contributed by atoms with Crippen LogP contribution in [-0.4, -0.2) is 48.4 Å². The molecule has 0 spiro atoms. The summed E-state index contributed by atoms with van der Waals surface area (Å²) in [6.07, 6.45) is 5.26. The number of carbonyl (C=O) groups is 2. The van der Waals surface area contributed by atoms with Gasteiger partial charge in [-0.15, -0.1) is 0 Å². The monoisotopic (exact) mass is 251 g/mol. The third-order valence-electron chi connectivity index (χ3n) is 4.54. The molecule has 3 rings (SSSR count). The lowest BCUT2D eigenvalue weighted by atomic mass is 9.89. The first-order valence-electron chi connectivity index (χ1n) is 7.05. The van der Waals surface area contributed by atoms with Gasteiger partial charge in [0.15, 0.2) is 0 Å². The molecule has 0 aliphatic carbocycles. The Hall–Kier alpha value is -0.940. The second-order valence-electron chi connectivity index (χ2n) is 5.73. The number of likely N-dealkylation sites (tertiary alicyclic amines) is 1. The standard InChI is InChI=1S/C13H21N3O2/c17-12-7-11(13(18)15-12)16-6-2-3-9(8-16)10-4-1-5-14-10/h9-11,14H,1-8H2,(H,15,17,18). The van der Waals surface area contributed by atoms with E-state index in [1.54, 1.807) is 0 Å². The van der Waals surface area contributed by atoms with Gasteiger partial charge in [0.2, 0.25) is 11.8 Å². The first kappa shape index (κ1) is 12.1. The molecule has 0 aromatic heterocycles. The van der Waals surface area contributed by atoms with Crippen LogP contribution in [0.5, 0.6) is 0 Å². The Labute approximate surface area is 107 Å². The number of piperidine rings is 1. The van der Waals surface area contributed by atoms with Gasteiger partial charge >= 0.3 is 0 Å². The summed E-state index contributed by atoms with van der Waals surface area (Å²) in [5, 5.41) is 5.98. The van der Waals surface area contributed by atoms with E-state index in [0.717, 1.165) is 26.1 Å². The van der Waals surface area contributed by atoms with E-state index in [1.807, 2.05) is 0 Å². The van der Waals surface area contributed by atoms with Gasteiger partial charge in [0.25, 0.3) is 0 Å². The topological polar surface area (TPSA) is 61.4 Å². The van der Waals surface area contributed by atoms with Crippen molar-refractivity contribution in [1.82, 2.24) is 15.5 Å². The van der Waals surface area contributed by atoms with Crippen molar-refractivity contribution in [2.45, 2.75) is 44.2 Å². The van der Waals surface area contributed by atoms with Gasteiger partial charge < -0.3 is 5.32 Å². The van der Waals surface area contributed by atoms with Crippen molar-refractivity contribution in [2.75, 3.05) is 19.6 Å². The van der Waals surface area contributed by atoms with E-state index in [1.165, 1.54) is 19.3 Å². The number of hydrogen-bond acceptors (Lipinski definition) is 4. The molecule has 3 fully saturated rings. The molecule has 3 saturated heterocycles. The minimum absolute atomic E-state index is 0.0972. The Morgan fingerprint density at radius 1 is 1.17 bits per heavy atom. The van der Waals surface area contributed by atoms with E-state index in [0.29, 0.717) is 18.4 Å². The van der Waals surface area contributed by atoms with E-state index in [-0.39, 0.29) is 17.9 Å². The molecule has 3 heterocycles. The van der Waals surface area contributed by atoms with E-state index in [4.69, 9.17) is 0 Å². The Balaban J connectivity index is 1.63. The average molecular weight is 251 g/mol. The van der Waals surface area contributed by atoms with Crippen molar-refractivity contribution in [2.24, 2.45) is 5.92 Å². The third kappa shape index (κ3) is 2.29. The number of nitrogens with zero attached hydrogens (tertiary/aromatic N) is 1. The Kier molecular flexibility index (Phi) is 3.35. The van der Waals surface area contributed by atoms with Crippen LogP contribution < -0.4 is 10.6 Å². The predicted octanol–water partition coefficient (Wildman–Crippen LogP) is -0.134. The van der Waals surface area contributed by atoms with Gasteiger partial charge in [-0.2, -0.15) is 0 Å². The molecule has 3 aliphatic heterocycles. The molecular formula is C13H21N3O2. The van der Waals surface area contributed by atoms with Gasteiger partial charge in [-0.25, -0.2) is 0 Å². The molecule has 3 atom stereocenters. The van der Waals surface area contributed by atoms with Crippen LogP contribution in [0.2, 0.25) is 0 Å². The van der Waals surface area contributed by atoms with Crippen molar-refractivity contribution in [1.29, 1.82) is 0 Å². The van der Waals surface area contributed by atoms with E-state index in [9.17, 15) is 9.59 Å². The highest BCUT2D eigenvalue weighted by Crippen LogP contribution is 2.27. The lowest BCUT2D eigenvalue weighted by Crippen LogP contribution is -2.49. The normalized spacial score (nSPS) is 38.1. The summed E-state index contributed by atoms with van der Waals surface area (Å²) in [7, 11) is 0. The van der Waals surface area contributed by atoms with Crippen molar-refractivity contribution in [3.05, 3.63) is 0 Å². The molecule has 5 nitrogen and oxygen atoms in total. The number of amides is 2. The van der Waals surface area contributed by atoms with Crippen molar-refractivity contribution >= 4 is 11.8 Å². The SMILES string of the molecule is O=C1CC(N2CCCC(C3CCCN3)C2)C(=O)N1. The maximum Gasteiger partial charge on any atom is 0.244 e. The van der Waals surface area contributed by atoms with Crippen LogP contribution in [-0.2, 0) is 9.59 Å². The molecule has 0 saturated carbocycles. The van der Waals surface area contributed by atoms with Gasteiger partial charge in [-0.1, -0.05) is 0 Å². The molecule has 3 aliphatic rings. The van der Waals surface area contributed by atoms with Crippen molar-refractivity contribution < 1.29 is 9.59 Å². The molecule has 0 aromatic rings. The first-order valence-corrected chi connectivity index (χ1v) is 7.05. The molecule has 18 heavy (non-hydrogen) atoms. The second kappa shape index (κ2) is 4.97. The molecule has 2 amide bonds. The van der Waals surface area contributed by atoms with Gasteiger partial charge in [0.1, 0.15) is 0 Å². The Morgan fingerprint density at radius 2 is 2.06 bits per heavy atom. The molecular weight excluding hydrogens is 230 g/mol. The summed E-state index contributed by atoms with van der Waals surface area (Å²) >= 11 is 0. The van der Waals surface area contributed by atoms with Crippen LogP contribution in [0.4, 0.5) is 0 Å². The lowest BCUT2D eigenvalue weighted by Gasteiger charge is -2.37. The molecule has 2 N–H and O–H groups in total. The first-order chi connectivity index (χ1) is 8.74. The third-order valence-corrected chi connectivity index (χ3v) is 4.54. The Morgan fingerprint density at radius 3 is 2.72 bits per heavy atom. The summed E-state index contributed by atoms with van der Waals surface area (Å²) in [4.78, 5) is 25.2. The highest BCUT2D eigenvalue weighted by molar-refractivity contribution is 6.05. The van der Waals surface area contributed by atoms with E-state index >= 15 is 0 Å². The van der Waals surface area contributed by atoms with Crippen LogP contribution in [0.15, 0.2) is 0 Å². The minimum atomic E-state index is -0.207. The summed E-state index contributed by atoms with van der Waals surface area (Å²) < 4.78 is 0. The predicted molar refractivity (Wildman–Crippen MR) is 66.9 cm³/mol. The zero-order valence-corrected chi connectivity index (χ0v) is 10.7. The zero-order valence-electron chi connectivity index (χ0n) is 10.7. The maximum atomic E-state index is 11.7. The number of carbonyl (C=O) groups excluding carboxylic acids is 2. The summed E-state index contributed by atoms with van der Waals surface area (Å²) in [6.45, 7) is 3.04. The van der Waals surface area contributed by atoms with E-state index < -0.39 is 0 Å². The summed E-state index contributed by atoms with van der Waals surface area (Å²) in [6, 6.07) is 0.412. The minimum Gasteiger partial charge on any atom is -0.314 e. The molecule has 0 radical (unpaired) electrons. The highest BCUT2D eigenvalue weighted by Gasteiger charge is 2.38. The fourth-order valence-electron chi connectivity index (χ4n) is 3.60. The maximum absolute atomic E-state index is 11.7. The Bertz CT molecular complexity index is 352. The fraction of sp³-hybridized carbons (Fsp3) is 0.846. The van der Waals surface area contributed by atoms with Crippen LogP contribution in [0.3, 0.4) is 0 Å². The van der Waals surface area contributed by atoms with Crippen molar-refractivity contribution in [3.63, 3.8) is 0 Å². The average Bonchev–Trinajstić information content (AvgIpc) is 2.99. The molecule has 5 heteroatoms. The zero-order chi connectivity index (χ0) is 12.5. The second-order valence-corrected chi connectivity index (χ2v) is 5.73. The van der Waals surface area contributed by atoms with Crippen LogP contribution >= 0.6 is 0 Å². The van der Waals surface area contributed by atoms with Crippen molar-refractivity contribution in [3.8, 4) is 0 Å². The molecule has 0 bridgehead atoms. The van der Waals surface area contributed by atoms with Gasteiger partial charge in [-0.05, 0) is 44.7 Å². The van der Waals surface area contributed by atoms with Crippen LogP contribution in [0, 0.1) is 5.92 Å². The van der Waals surface area contributed by atoms with Crippen LogP contribution in [0.25, 0.3) is 0 Å². The number of hydrogen-bond donors (Lipinski definition) is 2. The number of imide groups is 1. The molecule has 100 valence electrons. The number of nitrogens with one attached hydrogen (secondary N) is 2. The van der Waals surface area contributed by atoms with E-state index in [2.05, 4.69) is 15.5 Å². The highest BCUT2D eigenvalue weighted by atomic mass is 16.2. The fourth-order valence-corrected chi connectivity index (χ4v) is 3.60. The van der Waals surface area contributed by atoms with Gasteiger partial charge in [0.05, 0.1) is 12.5 Å². The van der Waals surface area contributed by atoms with Gasteiger partial charge in [-0.3, -0.25) is 19.8 Å². The largest absolute Gasteiger partial charge is 0.314 e.